The Morgan fingerprint density at radius 3 is 2.77 bits per heavy atom. The zero-order chi connectivity index (χ0) is 25.5. The lowest BCUT2D eigenvalue weighted by molar-refractivity contribution is 0.226. The molecule has 35 heavy (non-hydrogen) atoms. The van der Waals surface area contributed by atoms with Crippen LogP contribution in [0.25, 0.3) is 18.4 Å². The van der Waals surface area contributed by atoms with Crippen LogP contribution in [0.4, 0.5) is 4.39 Å². The lowest BCUT2D eigenvalue weighted by Crippen LogP contribution is -2.35. The Bertz CT molecular complexity index is 1510. The normalized spacial score (nSPS) is 15.6. The summed E-state index contributed by atoms with van der Waals surface area (Å²) in [5.74, 6) is 0.260. The molecule has 3 aromatic rings. The van der Waals surface area contributed by atoms with E-state index >= 15 is 4.39 Å². The minimum Gasteiger partial charge on any atom is -0.398 e. The molecule has 0 aliphatic carbocycles. The average Bonchev–Trinajstić information content (AvgIpc) is 3.25. The molecule has 0 fully saturated rings. The van der Waals surface area contributed by atoms with Gasteiger partial charge in [0.2, 0.25) is 0 Å². The average molecular weight is 482 g/mol. The molecule has 186 valence electrons. The van der Waals surface area contributed by atoms with Crippen molar-refractivity contribution in [1.82, 2.24) is 19.2 Å². The summed E-state index contributed by atoms with van der Waals surface area (Å²) in [7, 11) is 1.68. The van der Waals surface area contributed by atoms with Gasteiger partial charge in [-0.1, -0.05) is 39.5 Å². The van der Waals surface area contributed by atoms with E-state index in [9.17, 15) is 9.59 Å². The summed E-state index contributed by atoms with van der Waals surface area (Å²) in [6, 6.07) is 5.11. The van der Waals surface area contributed by atoms with Crippen LogP contribution in [0.2, 0.25) is 0 Å². The largest absolute Gasteiger partial charge is 0.398 e. The summed E-state index contributed by atoms with van der Waals surface area (Å²) in [4.78, 5) is 26.6. The molecule has 8 nitrogen and oxygen atoms in total. The first-order chi connectivity index (χ1) is 16.5. The Kier molecular flexibility index (Phi) is 6.46. The number of nitrogens with two attached hydrogens (primary N) is 1. The third kappa shape index (κ3) is 4.95. The van der Waals surface area contributed by atoms with E-state index in [1.807, 2.05) is 4.90 Å². The molecule has 4 rings (SSSR count). The molecule has 0 saturated carbocycles. The van der Waals surface area contributed by atoms with Crippen LogP contribution in [-0.4, -0.2) is 25.7 Å². The third-order valence-electron chi connectivity index (χ3n) is 6.26. The van der Waals surface area contributed by atoms with Crippen molar-refractivity contribution in [2.75, 3.05) is 6.54 Å². The highest BCUT2D eigenvalue weighted by molar-refractivity contribution is 5.69. The molecule has 0 bridgehead atoms. The van der Waals surface area contributed by atoms with E-state index in [0.717, 1.165) is 0 Å². The first-order valence-electron chi connectivity index (χ1n) is 11.6. The fourth-order valence-electron chi connectivity index (χ4n) is 4.38. The smallest absolute Gasteiger partial charge is 0.328 e. The van der Waals surface area contributed by atoms with Crippen molar-refractivity contribution < 1.29 is 8.91 Å². The van der Waals surface area contributed by atoms with E-state index < -0.39 is 5.82 Å². The Morgan fingerprint density at radius 2 is 2.06 bits per heavy atom. The van der Waals surface area contributed by atoms with Gasteiger partial charge in [-0.25, -0.2) is 9.18 Å². The quantitative estimate of drug-likeness (QED) is 0.574. The molecule has 0 amide bonds. The number of rotatable bonds is 5. The van der Waals surface area contributed by atoms with Gasteiger partial charge in [0.15, 0.2) is 0 Å². The van der Waals surface area contributed by atoms with Gasteiger partial charge in [-0.05, 0) is 23.6 Å². The highest BCUT2D eigenvalue weighted by Gasteiger charge is 2.23. The number of benzene rings is 1. The topological polar surface area (TPSA) is 102 Å². The summed E-state index contributed by atoms with van der Waals surface area (Å²) in [6.45, 7) is 12.1. The molecule has 0 unspecified atom stereocenters. The van der Waals surface area contributed by atoms with Gasteiger partial charge in [-0.2, -0.15) is 5.16 Å². The second kappa shape index (κ2) is 9.22. The Balaban J connectivity index is 1.64. The molecular formula is C26H32FN5O3. The molecule has 9 heteroatoms. The van der Waals surface area contributed by atoms with Gasteiger partial charge in [0.25, 0.3) is 5.56 Å². The summed E-state index contributed by atoms with van der Waals surface area (Å²) in [5.41, 5.74) is 7.39. The van der Waals surface area contributed by atoms with Crippen LogP contribution in [0.3, 0.4) is 0 Å². The number of aromatic amines is 1. The van der Waals surface area contributed by atoms with Crippen molar-refractivity contribution in [3.05, 3.63) is 84.1 Å². The number of halogens is 1. The van der Waals surface area contributed by atoms with E-state index in [1.54, 1.807) is 42.0 Å². The Morgan fingerprint density at radius 1 is 1.31 bits per heavy atom. The number of H-pyrrole nitrogens is 1. The molecule has 0 saturated heterocycles. The number of allylic oxidation sites excluding steroid dienone is 1. The van der Waals surface area contributed by atoms with Crippen LogP contribution in [0.1, 0.15) is 43.2 Å². The molecule has 1 aliphatic heterocycles. The Labute approximate surface area is 202 Å². The predicted octanol–water partition coefficient (Wildman–Crippen LogP) is 1.40. The lowest BCUT2D eigenvalue weighted by Gasteiger charge is -2.25. The molecule has 2 aromatic heterocycles. The summed E-state index contributed by atoms with van der Waals surface area (Å²) < 4.78 is 23.8. The van der Waals surface area contributed by atoms with E-state index in [-0.39, 0.29) is 27.9 Å². The predicted molar refractivity (Wildman–Crippen MR) is 134 cm³/mol. The summed E-state index contributed by atoms with van der Waals surface area (Å²) >= 11 is 0. The van der Waals surface area contributed by atoms with E-state index in [1.165, 1.54) is 4.57 Å². The van der Waals surface area contributed by atoms with Crippen LogP contribution in [0.5, 0.6) is 0 Å². The van der Waals surface area contributed by atoms with Gasteiger partial charge in [-0.15, -0.1) is 0 Å². The molecule has 0 spiro atoms. The van der Waals surface area contributed by atoms with Crippen LogP contribution in [-0.2, 0) is 33.1 Å². The molecular weight excluding hydrogens is 449 g/mol. The maximum atomic E-state index is 15.4. The van der Waals surface area contributed by atoms with Gasteiger partial charge in [0, 0.05) is 56.5 Å². The van der Waals surface area contributed by atoms with Crippen molar-refractivity contribution in [3.8, 4) is 0 Å². The van der Waals surface area contributed by atoms with Gasteiger partial charge < -0.3 is 10.3 Å². The van der Waals surface area contributed by atoms with Crippen LogP contribution in [0.15, 0.2) is 38.4 Å². The van der Waals surface area contributed by atoms with E-state index in [0.29, 0.717) is 60.2 Å². The molecule has 1 aliphatic rings. The van der Waals surface area contributed by atoms with Crippen LogP contribution in [0, 0.1) is 11.2 Å². The highest BCUT2D eigenvalue weighted by Crippen LogP contribution is 2.22. The monoisotopic (exact) mass is 481 g/mol. The van der Waals surface area contributed by atoms with Gasteiger partial charge in [0.1, 0.15) is 11.6 Å². The van der Waals surface area contributed by atoms with E-state index in [4.69, 9.17) is 10.3 Å². The number of nitrogens with one attached hydrogen (secondary N) is 1. The van der Waals surface area contributed by atoms with Crippen molar-refractivity contribution >= 4 is 18.4 Å². The van der Waals surface area contributed by atoms with Crippen molar-refractivity contribution in [2.45, 2.75) is 46.8 Å². The zero-order valence-corrected chi connectivity index (χ0v) is 20.7. The SMILES string of the molecule is C=c1/c(=C\C=C(/N)c2cccc(CN3CCc4o[nH]c(=O)c4C3)c2F)n(CC(C)(C)C)c(=O)n1C. The second-order valence-corrected chi connectivity index (χ2v) is 10.3. The van der Waals surface area contributed by atoms with Gasteiger partial charge in [0.05, 0.1) is 16.3 Å². The number of nitrogens with zero attached hydrogens (tertiary/aromatic N) is 3. The Hall–Kier alpha value is -3.59. The van der Waals surface area contributed by atoms with Gasteiger partial charge >= 0.3 is 5.69 Å². The first kappa shape index (κ1) is 24.5. The number of aromatic nitrogens is 3. The molecule has 0 radical (unpaired) electrons. The van der Waals surface area contributed by atoms with Crippen molar-refractivity contribution in [2.24, 2.45) is 18.2 Å². The number of hydrogen-bond donors (Lipinski definition) is 2. The van der Waals surface area contributed by atoms with Gasteiger partial charge in [-0.3, -0.25) is 18.8 Å². The second-order valence-electron chi connectivity index (χ2n) is 10.3. The number of hydrogen-bond acceptors (Lipinski definition) is 5. The van der Waals surface area contributed by atoms with Crippen LogP contribution < -0.4 is 27.7 Å². The van der Waals surface area contributed by atoms with Crippen molar-refractivity contribution in [3.63, 3.8) is 0 Å². The highest BCUT2D eigenvalue weighted by atomic mass is 19.1. The zero-order valence-electron chi connectivity index (χ0n) is 20.7. The maximum absolute atomic E-state index is 15.4. The number of fused-ring (bicyclic) bond motifs is 1. The molecule has 1 aromatic carbocycles. The third-order valence-corrected chi connectivity index (χ3v) is 6.26. The fraction of sp³-hybridized carbons (Fsp3) is 0.385. The standard InChI is InChI=1S/C26H32FN5O3/c1-16-21(32(15-26(2,3)4)25(34)30(16)5)10-9-20(28)18-8-6-7-17(23(18)27)13-31-12-11-22-19(14-31)24(33)29-35-22/h6-10H,1,11-15,28H2,2-5H3,(H,29,33)/b20-9-,21-10+. The number of imidazole rings is 1. The minimum atomic E-state index is -0.406. The fourth-order valence-corrected chi connectivity index (χ4v) is 4.38. The van der Waals surface area contributed by atoms with Crippen molar-refractivity contribution in [1.29, 1.82) is 0 Å². The summed E-state index contributed by atoms with van der Waals surface area (Å²) in [6.07, 6.45) is 3.92. The maximum Gasteiger partial charge on any atom is 0.328 e. The minimum absolute atomic E-state index is 0.119. The van der Waals surface area contributed by atoms with Crippen LogP contribution >= 0.6 is 0 Å². The summed E-state index contributed by atoms with van der Waals surface area (Å²) in [5, 5.41) is 3.57. The molecule has 3 N–H and O–H groups in total. The molecule has 0 atom stereocenters. The molecule has 3 heterocycles. The first-order valence-corrected chi connectivity index (χ1v) is 11.6. The lowest BCUT2D eigenvalue weighted by atomic mass is 9.97. The van der Waals surface area contributed by atoms with E-state index in [2.05, 4.69) is 32.5 Å².